The molecule has 1 aliphatic heterocycles. The zero-order valence-corrected chi connectivity index (χ0v) is 11.3. The van der Waals surface area contributed by atoms with E-state index in [0.717, 1.165) is 0 Å². The Morgan fingerprint density at radius 2 is 2.00 bits per heavy atom. The highest BCUT2D eigenvalue weighted by molar-refractivity contribution is 5.81. The number of rotatable bonds is 3. The molecule has 1 unspecified atom stereocenters. The van der Waals surface area contributed by atoms with Crippen LogP contribution < -0.4 is 0 Å². The third-order valence-corrected chi connectivity index (χ3v) is 2.70. The molecule has 0 saturated carbocycles. The highest BCUT2D eigenvalue weighted by atomic mass is 16.6. The van der Waals surface area contributed by atoms with Crippen molar-refractivity contribution in [2.75, 3.05) is 20.3 Å². The van der Waals surface area contributed by atoms with E-state index in [1.165, 1.54) is 4.90 Å². The van der Waals surface area contributed by atoms with Crippen LogP contribution >= 0.6 is 0 Å². The third-order valence-electron chi connectivity index (χ3n) is 2.70. The zero-order valence-electron chi connectivity index (χ0n) is 11.3. The first-order valence-corrected chi connectivity index (χ1v) is 5.96. The Kier molecular flexibility index (Phi) is 4.56. The maximum Gasteiger partial charge on any atom is 0.411 e. The SMILES string of the molecule is COCC1C[C@@H](C(=O)O)N(C(=O)OC(C)(C)C)C1. The van der Waals surface area contributed by atoms with E-state index in [9.17, 15) is 9.59 Å². The van der Waals surface area contributed by atoms with Crippen LogP contribution in [-0.2, 0) is 14.3 Å². The number of carboxylic acid groups (broad SMARTS) is 1. The quantitative estimate of drug-likeness (QED) is 0.827. The Morgan fingerprint density at radius 1 is 1.39 bits per heavy atom. The van der Waals surface area contributed by atoms with Gasteiger partial charge in [-0.3, -0.25) is 4.90 Å². The molecule has 1 heterocycles. The lowest BCUT2D eigenvalue weighted by molar-refractivity contribution is -0.142. The summed E-state index contributed by atoms with van der Waals surface area (Å²) in [6.07, 6.45) is -0.170. The first kappa shape index (κ1) is 14.8. The number of carbonyl (C=O) groups excluding carboxylic acids is 1. The summed E-state index contributed by atoms with van der Waals surface area (Å²) >= 11 is 0. The normalized spacial score (nSPS) is 24.1. The van der Waals surface area contributed by atoms with Gasteiger partial charge in [-0.25, -0.2) is 9.59 Å². The summed E-state index contributed by atoms with van der Waals surface area (Å²) in [5.41, 5.74) is -0.626. The first-order chi connectivity index (χ1) is 8.24. The maximum absolute atomic E-state index is 11.9. The van der Waals surface area contributed by atoms with Gasteiger partial charge in [0.1, 0.15) is 11.6 Å². The van der Waals surface area contributed by atoms with Crippen LogP contribution in [0, 0.1) is 5.92 Å². The van der Waals surface area contributed by atoms with Crippen LogP contribution in [-0.4, -0.2) is 54.0 Å². The Balaban J connectivity index is 2.72. The van der Waals surface area contributed by atoms with E-state index in [4.69, 9.17) is 14.6 Å². The number of aliphatic carboxylic acids is 1. The van der Waals surface area contributed by atoms with Crippen molar-refractivity contribution in [2.45, 2.75) is 38.8 Å². The van der Waals surface area contributed by atoms with Crippen molar-refractivity contribution in [3.05, 3.63) is 0 Å². The zero-order chi connectivity index (χ0) is 13.9. The number of hydrogen-bond acceptors (Lipinski definition) is 4. The molecule has 0 aromatic heterocycles. The molecule has 18 heavy (non-hydrogen) atoms. The Morgan fingerprint density at radius 3 is 2.44 bits per heavy atom. The highest BCUT2D eigenvalue weighted by Gasteiger charge is 2.41. The van der Waals surface area contributed by atoms with Gasteiger partial charge in [0.05, 0.1) is 6.61 Å². The number of carboxylic acids is 1. The first-order valence-electron chi connectivity index (χ1n) is 5.96. The van der Waals surface area contributed by atoms with Crippen molar-refractivity contribution >= 4 is 12.1 Å². The minimum atomic E-state index is -1.00. The molecule has 0 aromatic rings. The van der Waals surface area contributed by atoms with E-state index in [-0.39, 0.29) is 5.92 Å². The van der Waals surface area contributed by atoms with Crippen LogP contribution in [0.2, 0.25) is 0 Å². The molecule has 104 valence electrons. The molecule has 1 rings (SSSR count). The largest absolute Gasteiger partial charge is 0.480 e. The molecule has 0 radical (unpaired) electrons. The van der Waals surface area contributed by atoms with Crippen LogP contribution in [0.25, 0.3) is 0 Å². The fraction of sp³-hybridized carbons (Fsp3) is 0.833. The number of ether oxygens (including phenoxy) is 2. The summed E-state index contributed by atoms with van der Waals surface area (Å²) in [6.45, 7) is 6.07. The molecular formula is C12H21NO5. The maximum atomic E-state index is 11.9. The monoisotopic (exact) mass is 259 g/mol. The summed E-state index contributed by atoms with van der Waals surface area (Å²) in [5.74, 6) is -0.955. The predicted octanol–water partition coefficient (Wildman–Crippen LogP) is 1.34. The lowest BCUT2D eigenvalue weighted by Gasteiger charge is -2.26. The number of nitrogens with zero attached hydrogens (tertiary/aromatic N) is 1. The number of methoxy groups -OCH3 is 1. The van der Waals surface area contributed by atoms with Crippen molar-refractivity contribution in [3.63, 3.8) is 0 Å². The fourth-order valence-corrected chi connectivity index (χ4v) is 2.04. The molecule has 1 aliphatic rings. The molecule has 0 bridgehead atoms. The molecular weight excluding hydrogens is 238 g/mol. The summed E-state index contributed by atoms with van der Waals surface area (Å²) < 4.78 is 10.2. The Labute approximate surface area is 107 Å². The minimum absolute atomic E-state index is 0.0450. The smallest absolute Gasteiger partial charge is 0.411 e. The van der Waals surface area contributed by atoms with Crippen molar-refractivity contribution < 1.29 is 24.2 Å². The third kappa shape index (κ3) is 3.87. The predicted molar refractivity (Wildman–Crippen MR) is 64.3 cm³/mol. The molecule has 1 fully saturated rings. The van der Waals surface area contributed by atoms with E-state index in [1.54, 1.807) is 27.9 Å². The summed E-state index contributed by atoms with van der Waals surface area (Å²) in [6, 6.07) is -0.819. The lowest BCUT2D eigenvalue weighted by atomic mass is 10.1. The Hall–Kier alpha value is -1.30. The second kappa shape index (κ2) is 5.56. The summed E-state index contributed by atoms with van der Waals surface area (Å²) in [4.78, 5) is 24.3. The van der Waals surface area contributed by atoms with Gasteiger partial charge in [0.25, 0.3) is 0 Å². The number of amides is 1. The van der Waals surface area contributed by atoms with Gasteiger partial charge in [-0.15, -0.1) is 0 Å². The van der Waals surface area contributed by atoms with Crippen LogP contribution in [0.4, 0.5) is 4.79 Å². The second-order valence-electron chi connectivity index (χ2n) is 5.54. The van der Waals surface area contributed by atoms with Gasteiger partial charge in [-0.1, -0.05) is 0 Å². The van der Waals surface area contributed by atoms with Crippen molar-refractivity contribution in [3.8, 4) is 0 Å². The average Bonchev–Trinajstić information content (AvgIpc) is 2.59. The van der Waals surface area contributed by atoms with Gasteiger partial charge in [0.15, 0.2) is 0 Å². The molecule has 0 aromatic carbocycles. The number of likely N-dealkylation sites (tertiary alicyclic amines) is 1. The molecule has 6 nitrogen and oxygen atoms in total. The summed E-state index contributed by atoms with van der Waals surface area (Å²) in [7, 11) is 1.56. The summed E-state index contributed by atoms with van der Waals surface area (Å²) in [5, 5.41) is 9.13. The van der Waals surface area contributed by atoms with E-state index < -0.39 is 23.7 Å². The Bertz CT molecular complexity index is 323. The molecule has 6 heteroatoms. The van der Waals surface area contributed by atoms with Crippen LogP contribution in [0.15, 0.2) is 0 Å². The molecule has 0 aliphatic carbocycles. The lowest BCUT2D eigenvalue weighted by Crippen LogP contribution is -2.43. The van der Waals surface area contributed by atoms with Crippen LogP contribution in [0.5, 0.6) is 0 Å². The molecule has 0 spiro atoms. The topological polar surface area (TPSA) is 76.1 Å². The van der Waals surface area contributed by atoms with Gasteiger partial charge >= 0.3 is 12.1 Å². The minimum Gasteiger partial charge on any atom is -0.480 e. The van der Waals surface area contributed by atoms with Crippen molar-refractivity contribution in [2.24, 2.45) is 5.92 Å². The molecule has 1 N–H and O–H groups in total. The highest BCUT2D eigenvalue weighted by Crippen LogP contribution is 2.25. The van der Waals surface area contributed by atoms with E-state index in [2.05, 4.69) is 0 Å². The second-order valence-corrected chi connectivity index (χ2v) is 5.54. The van der Waals surface area contributed by atoms with E-state index >= 15 is 0 Å². The van der Waals surface area contributed by atoms with E-state index in [0.29, 0.717) is 19.6 Å². The average molecular weight is 259 g/mol. The number of hydrogen-bond donors (Lipinski definition) is 1. The van der Waals surface area contributed by atoms with Crippen LogP contribution in [0.3, 0.4) is 0 Å². The molecule has 1 amide bonds. The molecule has 2 atom stereocenters. The van der Waals surface area contributed by atoms with Crippen molar-refractivity contribution in [1.29, 1.82) is 0 Å². The van der Waals surface area contributed by atoms with E-state index in [1.807, 2.05) is 0 Å². The standard InChI is InChI=1S/C12H21NO5/c1-12(2,3)18-11(16)13-6-8(7-17-4)5-9(13)10(14)15/h8-9H,5-7H2,1-4H3,(H,14,15)/t8?,9-/m0/s1. The van der Waals surface area contributed by atoms with Gasteiger partial charge in [0, 0.05) is 19.6 Å². The molecule has 1 saturated heterocycles. The van der Waals surface area contributed by atoms with Gasteiger partial charge in [-0.2, -0.15) is 0 Å². The fourth-order valence-electron chi connectivity index (χ4n) is 2.04. The van der Waals surface area contributed by atoms with Crippen molar-refractivity contribution in [1.82, 2.24) is 4.90 Å². The van der Waals surface area contributed by atoms with Gasteiger partial charge in [-0.05, 0) is 27.2 Å². The number of carbonyl (C=O) groups is 2. The van der Waals surface area contributed by atoms with Gasteiger partial charge in [0.2, 0.25) is 0 Å². The van der Waals surface area contributed by atoms with Crippen LogP contribution in [0.1, 0.15) is 27.2 Å². The van der Waals surface area contributed by atoms with Gasteiger partial charge < -0.3 is 14.6 Å².